The first-order chi connectivity index (χ1) is 20.3. The Balaban J connectivity index is 0.00000442. The van der Waals surface area contributed by atoms with Gasteiger partial charge in [-0.15, -0.1) is 5.56 Å². The second-order valence-corrected chi connectivity index (χ2v) is 10.7. The van der Waals surface area contributed by atoms with Crippen molar-refractivity contribution < 1.29 is 82.3 Å². The standard InChI is InChI=1S/C31H26Cl2F6N4.K/c1-4-41-26-16-22(32)20(30(34,35)36)14-24(26)40(3)28(41)12-9-13-29-42(5-2)27-17-23(33)21(31(37,38)39)15-25(27)43(29)18-19-10-7-6-8-11-19;/h7-17H,4-5,18H2,1-3H3;/q;+1. The van der Waals surface area contributed by atoms with Crippen LogP contribution in [0.15, 0.2) is 66.5 Å². The molecule has 3 aromatic carbocycles. The van der Waals surface area contributed by atoms with E-state index in [1.165, 1.54) is 12.1 Å². The normalized spacial score (nSPS) is 14.7. The number of halogens is 8. The molecule has 1 aliphatic heterocycles. The van der Waals surface area contributed by atoms with Gasteiger partial charge in [0.15, 0.2) is 11.0 Å². The predicted octanol–water partition coefficient (Wildman–Crippen LogP) is 6.04. The zero-order valence-corrected chi connectivity index (χ0v) is 28.9. The molecular weight excluding hydrogens is 652 g/mol. The van der Waals surface area contributed by atoms with Gasteiger partial charge in [-0.3, -0.25) is 0 Å². The van der Waals surface area contributed by atoms with Crippen LogP contribution in [0.1, 0.15) is 36.4 Å². The molecule has 0 aliphatic carbocycles. The van der Waals surface area contributed by atoms with E-state index in [-0.39, 0.29) is 57.9 Å². The zero-order valence-electron chi connectivity index (χ0n) is 24.3. The molecule has 0 radical (unpaired) electrons. The average molecular weight is 679 g/mol. The second-order valence-electron chi connectivity index (χ2n) is 9.92. The van der Waals surface area contributed by atoms with Gasteiger partial charge in [0.25, 0.3) is 5.82 Å². The Morgan fingerprint density at radius 1 is 0.841 bits per heavy atom. The first kappa shape index (κ1) is 34.9. The number of imidazole rings is 1. The minimum Gasteiger partial charge on any atom is -0.326 e. The summed E-state index contributed by atoms with van der Waals surface area (Å²) in [6.45, 7) is 4.92. The third kappa shape index (κ3) is 6.60. The first-order valence-corrected chi connectivity index (χ1v) is 14.1. The third-order valence-electron chi connectivity index (χ3n) is 7.40. The number of alkyl halides is 6. The Hall–Kier alpha value is -1.99. The third-order valence-corrected chi connectivity index (χ3v) is 8.02. The Kier molecular flexibility index (Phi) is 10.6. The van der Waals surface area contributed by atoms with E-state index >= 15 is 0 Å². The monoisotopic (exact) mass is 677 g/mol. The van der Waals surface area contributed by atoms with Crippen molar-refractivity contribution in [3.63, 3.8) is 0 Å². The summed E-state index contributed by atoms with van der Waals surface area (Å²) in [6, 6.07) is 14.8. The number of rotatable bonds is 6. The van der Waals surface area contributed by atoms with E-state index in [9.17, 15) is 26.3 Å². The Morgan fingerprint density at radius 3 is 2.02 bits per heavy atom. The maximum absolute atomic E-state index is 13.8. The smallest absolute Gasteiger partial charge is 0.326 e. The molecular formula is C31H26Cl2F6KN4+. The molecule has 0 amide bonds. The molecule has 0 spiro atoms. The number of benzene rings is 3. The SMILES string of the molecule is CCN1/C(=C\C=C\c2n(CC)c3cc(Cl)c(C(F)(F)F)cc3[n+]2C)N(Cc2cc[c-]cc2)c2cc(C(F)(F)F)c(Cl)cc21.[K+]. The van der Waals surface area contributed by atoms with Gasteiger partial charge in [-0.2, -0.15) is 56.7 Å². The Labute approximate surface area is 303 Å². The summed E-state index contributed by atoms with van der Waals surface area (Å²) in [6.07, 6.45) is -4.00. The van der Waals surface area contributed by atoms with Crippen molar-refractivity contribution in [3.05, 3.63) is 105 Å². The number of allylic oxidation sites excluding steroid dienone is 2. The van der Waals surface area contributed by atoms with Crippen LogP contribution in [0.5, 0.6) is 0 Å². The minimum absolute atomic E-state index is 0. The van der Waals surface area contributed by atoms with Crippen molar-refractivity contribution in [1.82, 2.24) is 4.57 Å². The molecule has 5 rings (SSSR count). The van der Waals surface area contributed by atoms with Crippen molar-refractivity contribution in [2.24, 2.45) is 7.05 Å². The topological polar surface area (TPSA) is 15.3 Å². The van der Waals surface area contributed by atoms with Crippen LogP contribution in [-0.4, -0.2) is 11.1 Å². The van der Waals surface area contributed by atoms with Crippen LogP contribution >= 0.6 is 23.2 Å². The number of aryl methyl sites for hydroxylation is 2. The molecule has 4 nitrogen and oxygen atoms in total. The Bertz CT molecular complexity index is 1750. The predicted molar refractivity (Wildman–Crippen MR) is 157 cm³/mol. The van der Waals surface area contributed by atoms with Gasteiger partial charge in [0.2, 0.25) is 0 Å². The quantitative estimate of drug-likeness (QED) is 0.107. The van der Waals surface area contributed by atoms with Gasteiger partial charge in [0, 0.05) is 31.3 Å². The largest absolute Gasteiger partial charge is 1.00 e. The molecule has 1 aromatic heterocycles. The van der Waals surface area contributed by atoms with Crippen molar-refractivity contribution in [2.45, 2.75) is 39.3 Å². The molecule has 0 fully saturated rings. The van der Waals surface area contributed by atoms with E-state index < -0.39 is 33.5 Å². The summed E-state index contributed by atoms with van der Waals surface area (Å²) >= 11 is 12.1. The van der Waals surface area contributed by atoms with Gasteiger partial charge in [-0.25, -0.2) is 9.13 Å². The van der Waals surface area contributed by atoms with Crippen LogP contribution in [0.25, 0.3) is 17.1 Å². The fraction of sp³-hybridized carbons (Fsp3) is 0.258. The van der Waals surface area contributed by atoms with E-state index in [1.54, 1.807) is 46.9 Å². The summed E-state index contributed by atoms with van der Waals surface area (Å²) in [7, 11) is 1.67. The summed E-state index contributed by atoms with van der Waals surface area (Å²) in [5.74, 6) is 1.22. The molecule has 0 atom stereocenters. The number of fused-ring (bicyclic) bond motifs is 2. The van der Waals surface area contributed by atoms with Gasteiger partial charge in [0.05, 0.1) is 46.1 Å². The fourth-order valence-corrected chi connectivity index (χ4v) is 5.95. The second kappa shape index (κ2) is 13.4. The number of nitrogens with zero attached hydrogens (tertiary/aromatic N) is 4. The Morgan fingerprint density at radius 2 is 1.43 bits per heavy atom. The summed E-state index contributed by atoms with van der Waals surface area (Å²) < 4.78 is 85.6. The molecule has 0 saturated heterocycles. The zero-order chi connectivity index (χ0) is 31.3. The number of aromatic nitrogens is 2. The van der Waals surface area contributed by atoms with E-state index in [0.717, 1.165) is 17.7 Å². The van der Waals surface area contributed by atoms with Gasteiger partial charge < -0.3 is 9.80 Å². The minimum atomic E-state index is -4.64. The van der Waals surface area contributed by atoms with Crippen molar-refractivity contribution in [3.8, 4) is 0 Å². The maximum Gasteiger partial charge on any atom is 1.00 e. The summed E-state index contributed by atoms with van der Waals surface area (Å²) in [5, 5.41) is -0.786. The van der Waals surface area contributed by atoms with E-state index in [1.807, 2.05) is 35.4 Å². The molecule has 0 N–H and O–H groups in total. The summed E-state index contributed by atoms with van der Waals surface area (Å²) in [5.41, 5.74) is 0.788. The van der Waals surface area contributed by atoms with E-state index in [2.05, 4.69) is 6.07 Å². The molecule has 226 valence electrons. The van der Waals surface area contributed by atoms with Gasteiger partial charge in [-0.05, 0) is 32.1 Å². The van der Waals surface area contributed by atoms with E-state index in [4.69, 9.17) is 23.2 Å². The number of hydrogen-bond acceptors (Lipinski definition) is 2. The van der Waals surface area contributed by atoms with Crippen LogP contribution in [0.3, 0.4) is 0 Å². The number of anilines is 2. The molecule has 0 saturated carbocycles. The first-order valence-electron chi connectivity index (χ1n) is 13.3. The van der Waals surface area contributed by atoms with Crippen molar-refractivity contribution in [1.29, 1.82) is 0 Å². The molecule has 1 aliphatic rings. The van der Waals surface area contributed by atoms with Crippen LogP contribution < -0.4 is 65.8 Å². The van der Waals surface area contributed by atoms with Crippen LogP contribution in [0, 0.1) is 6.07 Å². The molecule has 4 aromatic rings. The van der Waals surface area contributed by atoms with Gasteiger partial charge >= 0.3 is 63.7 Å². The number of hydrogen-bond donors (Lipinski definition) is 0. The van der Waals surface area contributed by atoms with Crippen molar-refractivity contribution >= 4 is 51.7 Å². The van der Waals surface area contributed by atoms with Crippen LogP contribution in [-0.2, 0) is 32.5 Å². The average Bonchev–Trinajstić information content (AvgIpc) is 3.36. The molecule has 0 unspecified atom stereocenters. The van der Waals surface area contributed by atoms with Gasteiger partial charge in [-0.1, -0.05) is 29.3 Å². The van der Waals surface area contributed by atoms with Crippen LogP contribution in [0.4, 0.5) is 37.7 Å². The van der Waals surface area contributed by atoms with E-state index in [0.29, 0.717) is 47.1 Å². The van der Waals surface area contributed by atoms with Crippen LogP contribution in [0.2, 0.25) is 10.0 Å². The molecule has 44 heavy (non-hydrogen) atoms. The maximum atomic E-state index is 13.8. The molecule has 13 heteroatoms. The molecule has 0 bridgehead atoms. The fourth-order valence-electron chi connectivity index (χ4n) is 5.42. The van der Waals surface area contributed by atoms with Gasteiger partial charge in [0.1, 0.15) is 5.82 Å². The molecule has 2 heterocycles. The summed E-state index contributed by atoms with van der Waals surface area (Å²) in [4.78, 5) is 3.65. The van der Waals surface area contributed by atoms with Crippen molar-refractivity contribution in [2.75, 3.05) is 16.3 Å².